The second-order valence-corrected chi connectivity index (χ2v) is 6.71. The average molecular weight is 338 g/mol. The first-order valence-electron chi connectivity index (χ1n) is 5.54. The smallest absolute Gasteiger partial charge is 0.243 e. The number of halogens is 2. The number of benzene rings is 1. The van der Waals surface area contributed by atoms with Gasteiger partial charge in [-0.3, -0.25) is 0 Å². The van der Waals surface area contributed by atoms with Crippen LogP contribution in [0, 0.1) is 5.82 Å². The van der Waals surface area contributed by atoms with Crippen LogP contribution in [0.4, 0.5) is 4.39 Å². The molecule has 1 N–H and O–H groups in total. The highest BCUT2D eigenvalue weighted by molar-refractivity contribution is 9.10. The Morgan fingerprint density at radius 3 is 2.83 bits per heavy atom. The number of rotatable bonds is 3. The van der Waals surface area contributed by atoms with Gasteiger partial charge in [0, 0.05) is 17.1 Å². The van der Waals surface area contributed by atoms with Crippen LogP contribution in [0.25, 0.3) is 0 Å². The van der Waals surface area contributed by atoms with Crippen LogP contribution < -0.4 is 4.72 Å². The minimum Gasteiger partial charge on any atom is -0.380 e. The largest absolute Gasteiger partial charge is 0.380 e. The van der Waals surface area contributed by atoms with Gasteiger partial charge in [-0.25, -0.2) is 17.5 Å². The van der Waals surface area contributed by atoms with Gasteiger partial charge in [0.2, 0.25) is 10.0 Å². The van der Waals surface area contributed by atoms with E-state index in [0.29, 0.717) is 24.1 Å². The summed E-state index contributed by atoms with van der Waals surface area (Å²) in [6.45, 7) is 0.974. The van der Waals surface area contributed by atoms with Crippen molar-refractivity contribution in [2.24, 2.45) is 0 Å². The molecule has 1 aromatic rings. The summed E-state index contributed by atoms with van der Waals surface area (Å²) in [5.41, 5.74) is 0. The van der Waals surface area contributed by atoms with Gasteiger partial charge in [0.25, 0.3) is 0 Å². The first kappa shape index (κ1) is 13.9. The standard InChI is InChI=1S/C11H13BrFNO3S/c12-8-3-4-11(10(13)6-8)18(15,16)14-9-2-1-5-17-7-9/h3-4,6,9,14H,1-2,5,7H2. The zero-order valence-electron chi connectivity index (χ0n) is 9.53. The maximum Gasteiger partial charge on any atom is 0.243 e. The Kier molecular flexibility index (Phi) is 4.37. The van der Waals surface area contributed by atoms with E-state index in [0.717, 1.165) is 12.5 Å². The highest BCUT2D eigenvalue weighted by Gasteiger charge is 2.24. The minimum atomic E-state index is -3.83. The first-order valence-corrected chi connectivity index (χ1v) is 7.82. The van der Waals surface area contributed by atoms with Crippen molar-refractivity contribution in [2.45, 2.75) is 23.8 Å². The van der Waals surface area contributed by atoms with E-state index in [1.807, 2.05) is 0 Å². The van der Waals surface area contributed by atoms with E-state index < -0.39 is 15.8 Å². The molecule has 0 bridgehead atoms. The molecular formula is C11H13BrFNO3S. The van der Waals surface area contributed by atoms with Crippen molar-refractivity contribution < 1.29 is 17.5 Å². The van der Waals surface area contributed by atoms with Gasteiger partial charge in [-0.2, -0.15) is 0 Å². The molecule has 0 saturated carbocycles. The van der Waals surface area contributed by atoms with Crippen molar-refractivity contribution in [3.63, 3.8) is 0 Å². The molecule has 1 aromatic carbocycles. The lowest BCUT2D eigenvalue weighted by atomic mass is 10.1. The van der Waals surface area contributed by atoms with Crippen molar-refractivity contribution in [1.82, 2.24) is 4.72 Å². The summed E-state index contributed by atoms with van der Waals surface area (Å²) in [6, 6.07) is 3.58. The lowest BCUT2D eigenvalue weighted by Crippen LogP contribution is -2.40. The Bertz CT molecular complexity index is 529. The van der Waals surface area contributed by atoms with Crippen LogP contribution in [-0.4, -0.2) is 27.7 Å². The number of sulfonamides is 1. The molecule has 0 aliphatic carbocycles. The third-order valence-corrected chi connectivity index (χ3v) is 4.71. The molecule has 100 valence electrons. The summed E-state index contributed by atoms with van der Waals surface area (Å²) in [5, 5.41) is 0. The summed E-state index contributed by atoms with van der Waals surface area (Å²) < 4.78 is 45.8. The quantitative estimate of drug-likeness (QED) is 0.918. The SMILES string of the molecule is O=S(=O)(NC1CCCOC1)c1ccc(Br)cc1F. The molecule has 18 heavy (non-hydrogen) atoms. The van der Waals surface area contributed by atoms with E-state index in [2.05, 4.69) is 20.7 Å². The van der Waals surface area contributed by atoms with Crippen LogP contribution >= 0.6 is 15.9 Å². The van der Waals surface area contributed by atoms with Gasteiger partial charge >= 0.3 is 0 Å². The van der Waals surface area contributed by atoms with E-state index >= 15 is 0 Å². The third-order valence-electron chi connectivity index (χ3n) is 2.67. The Morgan fingerprint density at radius 1 is 1.44 bits per heavy atom. The fourth-order valence-corrected chi connectivity index (χ4v) is 3.46. The second kappa shape index (κ2) is 5.64. The molecule has 1 aliphatic rings. The van der Waals surface area contributed by atoms with Crippen molar-refractivity contribution >= 4 is 26.0 Å². The molecule has 0 radical (unpaired) electrons. The van der Waals surface area contributed by atoms with Crippen molar-refractivity contribution in [3.05, 3.63) is 28.5 Å². The van der Waals surface area contributed by atoms with Gasteiger partial charge in [-0.15, -0.1) is 0 Å². The van der Waals surface area contributed by atoms with Crippen molar-refractivity contribution in [3.8, 4) is 0 Å². The maximum absolute atomic E-state index is 13.6. The lowest BCUT2D eigenvalue weighted by Gasteiger charge is -2.23. The Morgan fingerprint density at radius 2 is 2.22 bits per heavy atom. The fourth-order valence-electron chi connectivity index (χ4n) is 1.81. The van der Waals surface area contributed by atoms with Crippen LogP contribution in [0.3, 0.4) is 0 Å². The van der Waals surface area contributed by atoms with Gasteiger partial charge < -0.3 is 4.74 Å². The molecule has 1 heterocycles. The Labute approximate surface area is 114 Å². The van der Waals surface area contributed by atoms with E-state index in [1.165, 1.54) is 12.1 Å². The van der Waals surface area contributed by atoms with Crippen LogP contribution in [0.5, 0.6) is 0 Å². The number of nitrogens with one attached hydrogen (secondary N) is 1. The van der Waals surface area contributed by atoms with Crippen LogP contribution in [0.1, 0.15) is 12.8 Å². The summed E-state index contributed by atoms with van der Waals surface area (Å²) >= 11 is 3.09. The minimum absolute atomic E-state index is 0.285. The van der Waals surface area contributed by atoms with E-state index in [9.17, 15) is 12.8 Å². The van der Waals surface area contributed by atoms with E-state index in [1.54, 1.807) is 0 Å². The maximum atomic E-state index is 13.6. The second-order valence-electron chi connectivity index (χ2n) is 4.11. The lowest BCUT2D eigenvalue weighted by molar-refractivity contribution is 0.0774. The zero-order chi connectivity index (χ0) is 13.2. The van der Waals surface area contributed by atoms with Gasteiger partial charge in [0.1, 0.15) is 10.7 Å². The predicted molar refractivity (Wildman–Crippen MR) is 68.3 cm³/mol. The van der Waals surface area contributed by atoms with Gasteiger partial charge in [0.15, 0.2) is 0 Å². The van der Waals surface area contributed by atoms with Crippen LogP contribution in [0.15, 0.2) is 27.6 Å². The highest BCUT2D eigenvalue weighted by atomic mass is 79.9. The predicted octanol–water partition coefficient (Wildman–Crippen LogP) is 2.05. The summed E-state index contributed by atoms with van der Waals surface area (Å²) in [6.07, 6.45) is 1.51. The summed E-state index contributed by atoms with van der Waals surface area (Å²) in [5.74, 6) is -0.770. The number of hydrogen-bond donors (Lipinski definition) is 1. The first-order chi connectivity index (χ1) is 8.49. The van der Waals surface area contributed by atoms with Crippen molar-refractivity contribution in [2.75, 3.05) is 13.2 Å². The molecule has 1 saturated heterocycles. The van der Waals surface area contributed by atoms with Gasteiger partial charge in [-0.05, 0) is 31.0 Å². The van der Waals surface area contributed by atoms with Crippen LogP contribution in [-0.2, 0) is 14.8 Å². The topological polar surface area (TPSA) is 55.4 Å². The summed E-state index contributed by atoms with van der Waals surface area (Å²) in [4.78, 5) is -0.337. The number of hydrogen-bond acceptors (Lipinski definition) is 3. The molecule has 1 atom stereocenters. The number of ether oxygens (including phenoxy) is 1. The van der Waals surface area contributed by atoms with Crippen LogP contribution in [0.2, 0.25) is 0 Å². The van der Waals surface area contributed by atoms with Gasteiger partial charge in [0.05, 0.1) is 6.61 Å². The van der Waals surface area contributed by atoms with Crippen molar-refractivity contribution in [1.29, 1.82) is 0 Å². The third kappa shape index (κ3) is 3.28. The highest BCUT2D eigenvalue weighted by Crippen LogP contribution is 2.20. The zero-order valence-corrected chi connectivity index (χ0v) is 11.9. The van der Waals surface area contributed by atoms with E-state index in [4.69, 9.17) is 4.74 Å². The fraction of sp³-hybridized carbons (Fsp3) is 0.455. The molecule has 4 nitrogen and oxygen atoms in total. The Hall–Kier alpha value is -0.500. The molecule has 1 fully saturated rings. The average Bonchev–Trinajstić information content (AvgIpc) is 2.29. The molecular weight excluding hydrogens is 325 g/mol. The summed E-state index contributed by atoms with van der Waals surface area (Å²) in [7, 11) is -3.83. The Balaban J connectivity index is 2.19. The molecule has 1 aliphatic heterocycles. The molecule has 7 heteroatoms. The molecule has 0 amide bonds. The van der Waals surface area contributed by atoms with Gasteiger partial charge in [-0.1, -0.05) is 15.9 Å². The molecule has 1 unspecified atom stereocenters. The molecule has 0 spiro atoms. The van der Waals surface area contributed by atoms with E-state index in [-0.39, 0.29) is 10.9 Å². The monoisotopic (exact) mass is 337 g/mol. The molecule has 0 aromatic heterocycles. The molecule has 2 rings (SSSR count). The normalized spacial score (nSPS) is 20.9.